The fourth-order valence-electron chi connectivity index (χ4n) is 1.95. The Kier molecular flexibility index (Phi) is 6.60. The highest BCUT2D eigenvalue weighted by molar-refractivity contribution is 5.94. The first-order chi connectivity index (χ1) is 10.8. The Morgan fingerprint density at radius 2 is 1.88 bits per heavy atom. The van der Waals surface area contributed by atoms with Crippen molar-refractivity contribution in [2.45, 2.75) is 19.5 Å². The molecule has 0 aromatic heterocycles. The zero-order chi connectivity index (χ0) is 17.0. The van der Waals surface area contributed by atoms with Gasteiger partial charge in [-0.15, -0.1) is 12.4 Å². The molecule has 0 saturated heterocycles. The second-order valence-corrected chi connectivity index (χ2v) is 4.84. The standard InChI is InChI=1S/C16H15F4N3.ClH/c1-2-10-4-3-5-12(8-10)22-15(21)23-14-9-11(16(18,19)20)6-7-13(14)17;/h3-9H,2H2,1H3,(H3,21,22,23);1H. The Balaban J connectivity index is 0.00000288. The molecular formula is C16H16ClF4N3. The van der Waals surface area contributed by atoms with Crippen molar-refractivity contribution in [2.24, 2.45) is 10.7 Å². The van der Waals surface area contributed by atoms with Crippen LogP contribution < -0.4 is 11.1 Å². The van der Waals surface area contributed by atoms with E-state index < -0.39 is 23.2 Å². The van der Waals surface area contributed by atoms with Crippen molar-refractivity contribution in [3.05, 3.63) is 59.4 Å². The lowest BCUT2D eigenvalue weighted by Gasteiger charge is -2.09. The van der Waals surface area contributed by atoms with Crippen LogP contribution in [-0.4, -0.2) is 5.96 Å². The summed E-state index contributed by atoms with van der Waals surface area (Å²) in [6.07, 6.45) is -3.76. The molecule has 2 rings (SSSR count). The van der Waals surface area contributed by atoms with Gasteiger partial charge in [0.1, 0.15) is 11.5 Å². The van der Waals surface area contributed by atoms with Gasteiger partial charge in [-0.05, 0) is 42.3 Å². The lowest BCUT2D eigenvalue weighted by Crippen LogP contribution is -2.22. The summed E-state index contributed by atoms with van der Waals surface area (Å²) in [6, 6.07) is 9.26. The van der Waals surface area contributed by atoms with Gasteiger partial charge in [0.25, 0.3) is 0 Å². The number of alkyl halides is 3. The summed E-state index contributed by atoms with van der Waals surface area (Å²) >= 11 is 0. The Hall–Kier alpha value is -2.28. The molecule has 0 atom stereocenters. The predicted octanol–water partition coefficient (Wildman–Crippen LogP) is 4.89. The maximum atomic E-state index is 13.6. The topological polar surface area (TPSA) is 50.4 Å². The number of guanidine groups is 1. The van der Waals surface area contributed by atoms with Crippen LogP contribution in [0.25, 0.3) is 0 Å². The van der Waals surface area contributed by atoms with Gasteiger partial charge >= 0.3 is 6.18 Å². The van der Waals surface area contributed by atoms with Crippen LogP contribution in [0.3, 0.4) is 0 Å². The van der Waals surface area contributed by atoms with Gasteiger partial charge in [-0.3, -0.25) is 0 Å². The van der Waals surface area contributed by atoms with E-state index in [2.05, 4.69) is 10.3 Å². The molecule has 2 aromatic carbocycles. The van der Waals surface area contributed by atoms with E-state index in [1.807, 2.05) is 19.1 Å². The molecule has 0 saturated carbocycles. The summed E-state index contributed by atoms with van der Waals surface area (Å²) in [4.78, 5) is 3.69. The molecule has 2 aromatic rings. The van der Waals surface area contributed by atoms with Crippen LogP contribution in [0.1, 0.15) is 18.1 Å². The molecule has 0 bridgehead atoms. The molecule has 0 aliphatic rings. The van der Waals surface area contributed by atoms with Crippen molar-refractivity contribution in [3.8, 4) is 0 Å². The van der Waals surface area contributed by atoms with E-state index in [-0.39, 0.29) is 18.4 Å². The number of benzene rings is 2. The van der Waals surface area contributed by atoms with Gasteiger partial charge in [0.05, 0.1) is 5.56 Å². The highest BCUT2D eigenvalue weighted by Crippen LogP contribution is 2.32. The minimum absolute atomic E-state index is 0. The van der Waals surface area contributed by atoms with Gasteiger partial charge in [0.2, 0.25) is 0 Å². The number of aliphatic imine (C=N–C) groups is 1. The molecule has 24 heavy (non-hydrogen) atoms. The van der Waals surface area contributed by atoms with E-state index in [9.17, 15) is 17.6 Å². The molecule has 3 nitrogen and oxygen atoms in total. The molecule has 0 aliphatic heterocycles. The minimum atomic E-state index is -4.57. The normalized spacial score (nSPS) is 11.8. The smallest absolute Gasteiger partial charge is 0.369 e. The molecule has 0 spiro atoms. The van der Waals surface area contributed by atoms with Crippen molar-refractivity contribution in [2.75, 3.05) is 5.32 Å². The molecule has 0 unspecified atom stereocenters. The van der Waals surface area contributed by atoms with Gasteiger partial charge in [0, 0.05) is 5.69 Å². The maximum Gasteiger partial charge on any atom is 0.416 e. The van der Waals surface area contributed by atoms with E-state index in [4.69, 9.17) is 5.73 Å². The summed E-state index contributed by atoms with van der Waals surface area (Å²) in [7, 11) is 0. The molecule has 0 heterocycles. The monoisotopic (exact) mass is 361 g/mol. The average molecular weight is 362 g/mol. The number of rotatable bonds is 3. The summed E-state index contributed by atoms with van der Waals surface area (Å²) < 4.78 is 51.6. The van der Waals surface area contributed by atoms with E-state index >= 15 is 0 Å². The number of nitrogens with zero attached hydrogens (tertiary/aromatic N) is 1. The highest BCUT2D eigenvalue weighted by Gasteiger charge is 2.31. The summed E-state index contributed by atoms with van der Waals surface area (Å²) in [5, 5.41) is 2.73. The number of nitrogens with two attached hydrogens (primary N) is 1. The number of nitrogens with one attached hydrogen (secondary N) is 1. The van der Waals surface area contributed by atoms with Crippen LogP contribution in [0.4, 0.5) is 28.9 Å². The lowest BCUT2D eigenvalue weighted by atomic mass is 10.1. The van der Waals surface area contributed by atoms with Crippen LogP contribution in [0.5, 0.6) is 0 Å². The molecular weight excluding hydrogens is 346 g/mol. The molecule has 3 N–H and O–H groups in total. The third kappa shape index (κ3) is 5.13. The van der Waals surface area contributed by atoms with Crippen LogP contribution in [0.15, 0.2) is 47.5 Å². The number of hydrogen-bond acceptors (Lipinski definition) is 1. The number of aryl methyl sites for hydroxylation is 1. The van der Waals surface area contributed by atoms with Crippen molar-refractivity contribution in [1.29, 1.82) is 0 Å². The Labute approximate surface area is 143 Å². The van der Waals surface area contributed by atoms with Gasteiger partial charge in [-0.25, -0.2) is 9.38 Å². The predicted molar refractivity (Wildman–Crippen MR) is 89.4 cm³/mol. The average Bonchev–Trinajstić information content (AvgIpc) is 2.48. The van der Waals surface area contributed by atoms with Crippen molar-refractivity contribution in [1.82, 2.24) is 0 Å². The second-order valence-electron chi connectivity index (χ2n) is 4.84. The van der Waals surface area contributed by atoms with Crippen LogP contribution >= 0.6 is 12.4 Å². The first-order valence-electron chi connectivity index (χ1n) is 6.86. The molecule has 8 heteroatoms. The van der Waals surface area contributed by atoms with Crippen molar-refractivity contribution in [3.63, 3.8) is 0 Å². The fraction of sp³-hybridized carbons (Fsp3) is 0.188. The first-order valence-corrected chi connectivity index (χ1v) is 6.86. The van der Waals surface area contributed by atoms with Crippen LogP contribution in [-0.2, 0) is 12.6 Å². The molecule has 0 amide bonds. The van der Waals surface area contributed by atoms with Crippen LogP contribution in [0, 0.1) is 5.82 Å². The Bertz CT molecular complexity index is 730. The third-order valence-corrected chi connectivity index (χ3v) is 3.12. The van der Waals surface area contributed by atoms with E-state index in [0.29, 0.717) is 23.9 Å². The van der Waals surface area contributed by atoms with E-state index in [1.54, 1.807) is 12.1 Å². The number of anilines is 1. The minimum Gasteiger partial charge on any atom is -0.369 e. The second kappa shape index (κ2) is 8.01. The molecule has 0 fully saturated rings. The largest absolute Gasteiger partial charge is 0.416 e. The summed E-state index contributed by atoms with van der Waals surface area (Å²) in [5.41, 5.74) is 5.86. The number of hydrogen-bond donors (Lipinski definition) is 2. The van der Waals surface area contributed by atoms with Gasteiger partial charge in [0.15, 0.2) is 5.96 Å². The molecule has 0 radical (unpaired) electrons. The quantitative estimate of drug-likeness (QED) is 0.464. The fourth-order valence-corrected chi connectivity index (χ4v) is 1.95. The summed E-state index contributed by atoms with van der Waals surface area (Å²) in [6.45, 7) is 1.98. The third-order valence-electron chi connectivity index (χ3n) is 3.12. The zero-order valence-electron chi connectivity index (χ0n) is 12.7. The Morgan fingerprint density at radius 1 is 1.17 bits per heavy atom. The Morgan fingerprint density at radius 3 is 2.50 bits per heavy atom. The van der Waals surface area contributed by atoms with Gasteiger partial charge in [-0.2, -0.15) is 13.2 Å². The first kappa shape index (κ1) is 19.8. The summed E-state index contributed by atoms with van der Waals surface area (Å²) in [5.74, 6) is -1.08. The van der Waals surface area contributed by atoms with E-state index in [0.717, 1.165) is 12.0 Å². The van der Waals surface area contributed by atoms with Gasteiger partial charge in [-0.1, -0.05) is 19.1 Å². The highest BCUT2D eigenvalue weighted by atomic mass is 35.5. The number of halogens is 5. The van der Waals surface area contributed by atoms with Gasteiger partial charge < -0.3 is 11.1 Å². The van der Waals surface area contributed by atoms with Crippen LogP contribution in [0.2, 0.25) is 0 Å². The molecule has 0 aliphatic carbocycles. The SMILES string of the molecule is CCc1cccc(NC(N)=Nc2cc(C(F)(F)F)ccc2F)c1.Cl. The lowest BCUT2D eigenvalue weighted by molar-refractivity contribution is -0.137. The van der Waals surface area contributed by atoms with Crippen molar-refractivity contribution < 1.29 is 17.6 Å². The maximum absolute atomic E-state index is 13.6. The van der Waals surface area contributed by atoms with Crippen molar-refractivity contribution >= 4 is 29.7 Å². The molecule has 130 valence electrons. The zero-order valence-corrected chi connectivity index (χ0v) is 13.5. The van der Waals surface area contributed by atoms with E-state index in [1.165, 1.54) is 0 Å².